The first-order valence-corrected chi connectivity index (χ1v) is 8.18. The fourth-order valence-corrected chi connectivity index (χ4v) is 2.45. The van der Waals surface area contributed by atoms with E-state index in [2.05, 4.69) is 4.98 Å². The van der Waals surface area contributed by atoms with Crippen LogP contribution in [0, 0.1) is 5.92 Å². The number of nitrogens with zero attached hydrogens (tertiary/aromatic N) is 2. The molecule has 1 aliphatic heterocycles. The number of halogens is 3. The van der Waals surface area contributed by atoms with Crippen LogP contribution in [0.5, 0.6) is 5.88 Å². The summed E-state index contributed by atoms with van der Waals surface area (Å²) in [5.41, 5.74) is -1.32. The lowest BCUT2D eigenvalue weighted by Crippen LogP contribution is -2.42. The van der Waals surface area contributed by atoms with Gasteiger partial charge < -0.3 is 14.4 Å². The average molecular weight is 360 g/mol. The molecule has 5 nitrogen and oxygen atoms in total. The molecule has 1 saturated heterocycles. The SMILES string of the molecule is CC(C)(C)OC(=O)N1CCC(COc2ccc(C(F)(F)F)cn2)CC1. The molecule has 2 rings (SSSR count). The van der Waals surface area contributed by atoms with Crippen LogP contribution in [-0.2, 0) is 10.9 Å². The molecule has 0 saturated carbocycles. The number of ether oxygens (including phenoxy) is 2. The van der Waals surface area contributed by atoms with Crippen molar-refractivity contribution in [2.24, 2.45) is 5.92 Å². The average Bonchev–Trinajstić information content (AvgIpc) is 2.51. The highest BCUT2D eigenvalue weighted by molar-refractivity contribution is 5.68. The first-order valence-electron chi connectivity index (χ1n) is 8.18. The van der Waals surface area contributed by atoms with Gasteiger partial charge in [0.2, 0.25) is 5.88 Å². The van der Waals surface area contributed by atoms with Gasteiger partial charge in [0.05, 0.1) is 12.2 Å². The number of carbonyl (C=O) groups is 1. The molecule has 1 aromatic rings. The molecule has 0 N–H and O–H groups in total. The Kier molecular flexibility index (Phi) is 5.80. The van der Waals surface area contributed by atoms with E-state index in [1.807, 2.05) is 20.8 Å². The summed E-state index contributed by atoms with van der Waals surface area (Å²) in [5.74, 6) is 0.394. The summed E-state index contributed by atoms with van der Waals surface area (Å²) >= 11 is 0. The Morgan fingerprint density at radius 2 is 1.88 bits per heavy atom. The second-order valence-electron chi connectivity index (χ2n) is 7.10. The predicted octanol–water partition coefficient (Wildman–Crippen LogP) is 4.13. The first kappa shape index (κ1) is 19.3. The van der Waals surface area contributed by atoms with Crippen molar-refractivity contribution in [1.82, 2.24) is 9.88 Å². The van der Waals surface area contributed by atoms with Crippen molar-refractivity contribution in [3.8, 4) is 5.88 Å². The second kappa shape index (κ2) is 7.49. The number of amides is 1. The summed E-state index contributed by atoms with van der Waals surface area (Å²) in [4.78, 5) is 17.3. The molecule has 0 aromatic carbocycles. The maximum Gasteiger partial charge on any atom is 0.417 e. The molecule has 140 valence electrons. The quantitative estimate of drug-likeness (QED) is 0.813. The van der Waals surface area contributed by atoms with E-state index in [9.17, 15) is 18.0 Å². The highest BCUT2D eigenvalue weighted by Gasteiger charge is 2.31. The molecule has 1 amide bonds. The number of likely N-dealkylation sites (tertiary alicyclic amines) is 1. The maximum atomic E-state index is 12.5. The van der Waals surface area contributed by atoms with Crippen molar-refractivity contribution in [2.45, 2.75) is 45.4 Å². The fourth-order valence-electron chi connectivity index (χ4n) is 2.45. The van der Waals surface area contributed by atoms with Crippen LogP contribution >= 0.6 is 0 Å². The lowest BCUT2D eigenvalue weighted by molar-refractivity contribution is -0.137. The molecule has 0 atom stereocenters. The Hall–Kier alpha value is -1.99. The summed E-state index contributed by atoms with van der Waals surface area (Å²) in [7, 11) is 0. The van der Waals surface area contributed by atoms with Crippen molar-refractivity contribution in [1.29, 1.82) is 0 Å². The van der Waals surface area contributed by atoms with Gasteiger partial charge in [-0.25, -0.2) is 9.78 Å². The molecular weight excluding hydrogens is 337 g/mol. The van der Waals surface area contributed by atoms with Gasteiger partial charge in [0.25, 0.3) is 0 Å². The summed E-state index contributed by atoms with van der Waals surface area (Å²) in [6.07, 6.45) is -2.46. The van der Waals surface area contributed by atoms with Crippen LogP contribution in [0.2, 0.25) is 0 Å². The van der Waals surface area contributed by atoms with E-state index in [1.165, 1.54) is 6.07 Å². The number of piperidine rings is 1. The van der Waals surface area contributed by atoms with Gasteiger partial charge in [0.1, 0.15) is 5.60 Å². The number of pyridine rings is 1. The molecule has 1 aliphatic rings. The van der Waals surface area contributed by atoms with Gasteiger partial charge in [-0.15, -0.1) is 0 Å². The van der Waals surface area contributed by atoms with E-state index >= 15 is 0 Å². The number of alkyl halides is 3. The van der Waals surface area contributed by atoms with E-state index in [4.69, 9.17) is 9.47 Å². The molecule has 1 aromatic heterocycles. The number of carbonyl (C=O) groups excluding carboxylic acids is 1. The fraction of sp³-hybridized carbons (Fsp3) is 0.647. The van der Waals surface area contributed by atoms with Gasteiger partial charge in [-0.2, -0.15) is 13.2 Å². The Balaban J connectivity index is 1.76. The minimum Gasteiger partial charge on any atom is -0.477 e. The van der Waals surface area contributed by atoms with E-state index in [1.54, 1.807) is 4.90 Å². The number of aromatic nitrogens is 1. The van der Waals surface area contributed by atoms with Gasteiger partial charge >= 0.3 is 12.3 Å². The number of hydrogen-bond donors (Lipinski definition) is 0. The van der Waals surface area contributed by atoms with Crippen LogP contribution in [0.25, 0.3) is 0 Å². The van der Waals surface area contributed by atoms with Crippen molar-refractivity contribution in [2.75, 3.05) is 19.7 Å². The van der Waals surface area contributed by atoms with Crippen molar-refractivity contribution < 1.29 is 27.4 Å². The van der Waals surface area contributed by atoms with Crippen LogP contribution < -0.4 is 4.74 Å². The highest BCUT2D eigenvalue weighted by Crippen LogP contribution is 2.29. The Bertz CT molecular complexity index is 574. The smallest absolute Gasteiger partial charge is 0.417 e. The van der Waals surface area contributed by atoms with E-state index < -0.39 is 17.3 Å². The summed E-state index contributed by atoms with van der Waals surface area (Å²) in [5, 5.41) is 0. The molecule has 8 heteroatoms. The summed E-state index contributed by atoms with van der Waals surface area (Å²) in [6, 6.07) is 2.17. The molecule has 25 heavy (non-hydrogen) atoms. The third-order valence-corrected chi connectivity index (χ3v) is 3.80. The van der Waals surface area contributed by atoms with Crippen LogP contribution in [0.1, 0.15) is 39.2 Å². The predicted molar refractivity (Wildman–Crippen MR) is 85.3 cm³/mol. The Morgan fingerprint density at radius 1 is 1.24 bits per heavy atom. The molecule has 0 unspecified atom stereocenters. The van der Waals surface area contributed by atoms with Crippen LogP contribution in [0.15, 0.2) is 18.3 Å². The molecule has 0 spiro atoms. The molecular formula is C17H23F3N2O3. The minimum absolute atomic E-state index is 0.169. The topological polar surface area (TPSA) is 51.7 Å². The lowest BCUT2D eigenvalue weighted by Gasteiger charge is -2.33. The van der Waals surface area contributed by atoms with Crippen LogP contribution in [0.3, 0.4) is 0 Å². The zero-order valence-electron chi connectivity index (χ0n) is 14.6. The monoisotopic (exact) mass is 360 g/mol. The lowest BCUT2D eigenvalue weighted by atomic mass is 9.98. The van der Waals surface area contributed by atoms with E-state index in [0.29, 0.717) is 19.7 Å². The van der Waals surface area contributed by atoms with Gasteiger partial charge in [-0.05, 0) is 45.6 Å². The van der Waals surface area contributed by atoms with Gasteiger partial charge in [0.15, 0.2) is 0 Å². The van der Waals surface area contributed by atoms with Crippen molar-refractivity contribution in [3.05, 3.63) is 23.9 Å². The molecule has 0 aliphatic carbocycles. The van der Waals surface area contributed by atoms with E-state index in [-0.39, 0.29) is 17.9 Å². The summed E-state index contributed by atoms with van der Waals surface area (Å²) in [6.45, 7) is 6.97. The largest absolute Gasteiger partial charge is 0.477 e. The van der Waals surface area contributed by atoms with Crippen molar-refractivity contribution >= 4 is 6.09 Å². The van der Waals surface area contributed by atoms with Gasteiger partial charge in [0, 0.05) is 25.4 Å². The Morgan fingerprint density at radius 3 is 2.36 bits per heavy atom. The third kappa shape index (κ3) is 6.10. The molecule has 1 fully saturated rings. The molecule has 0 bridgehead atoms. The van der Waals surface area contributed by atoms with E-state index in [0.717, 1.165) is 25.1 Å². The minimum atomic E-state index is -4.40. The Labute approximate surface area is 145 Å². The van der Waals surface area contributed by atoms with Crippen LogP contribution in [-0.4, -0.2) is 41.3 Å². The molecule has 0 radical (unpaired) electrons. The third-order valence-electron chi connectivity index (χ3n) is 3.80. The summed E-state index contributed by atoms with van der Waals surface area (Å²) < 4.78 is 48.2. The zero-order valence-corrected chi connectivity index (χ0v) is 14.6. The standard InChI is InChI=1S/C17H23F3N2O3/c1-16(2,3)25-15(23)22-8-6-12(7-9-22)11-24-14-5-4-13(10-21-14)17(18,19)20/h4-5,10,12H,6-9,11H2,1-3H3. The highest BCUT2D eigenvalue weighted by atomic mass is 19.4. The molecule has 2 heterocycles. The number of rotatable bonds is 3. The van der Waals surface area contributed by atoms with Gasteiger partial charge in [-0.1, -0.05) is 0 Å². The normalized spacial score (nSPS) is 16.6. The first-order chi connectivity index (χ1) is 11.5. The van der Waals surface area contributed by atoms with Gasteiger partial charge in [-0.3, -0.25) is 0 Å². The number of hydrogen-bond acceptors (Lipinski definition) is 4. The van der Waals surface area contributed by atoms with Crippen molar-refractivity contribution in [3.63, 3.8) is 0 Å². The van der Waals surface area contributed by atoms with Crippen LogP contribution in [0.4, 0.5) is 18.0 Å². The second-order valence-corrected chi connectivity index (χ2v) is 7.10. The zero-order chi connectivity index (χ0) is 18.7. The maximum absolute atomic E-state index is 12.5.